The van der Waals surface area contributed by atoms with Crippen LogP contribution >= 0.6 is 46.3 Å². The van der Waals surface area contributed by atoms with E-state index >= 15 is 0 Å². The van der Waals surface area contributed by atoms with E-state index in [1.807, 2.05) is 17.5 Å². The number of hydrogen-bond donors (Lipinski definition) is 1. The van der Waals surface area contributed by atoms with Crippen LogP contribution in [0.5, 0.6) is 5.75 Å². The molecule has 1 N–H and O–H groups in total. The number of nitrogens with one attached hydrogen (secondary N) is 1. The molecule has 0 atom stereocenters. The molecule has 8 heteroatoms. The fourth-order valence-corrected chi connectivity index (χ4v) is 3.52. The molecule has 3 rings (SSSR count). The first-order valence-corrected chi connectivity index (χ1v) is 9.02. The molecule has 4 nitrogen and oxygen atoms in total. The summed E-state index contributed by atoms with van der Waals surface area (Å²) in [5.74, 6) is 2.00. The molecule has 0 fully saturated rings. The zero-order valence-corrected chi connectivity index (χ0v) is 14.4. The maximum Gasteiger partial charge on any atom is 0.208 e. The van der Waals surface area contributed by atoms with Crippen LogP contribution in [-0.2, 0) is 0 Å². The molecule has 22 heavy (non-hydrogen) atoms. The maximum atomic E-state index is 6.04. The summed E-state index contributed by atoms with van der Waals surface area (Å²) in [6.45, 7) is 0.469. The minimum Gasteiger partial charge on any atom is -0.490 e. The monoisotopic (exact) mass is 371 g/mol. The van der Waals surface area contributed by atoms with E-state index in [4.69, 9.17) is 27.9 Å². The van der Waals surface area contributed by atoms with Crippen LogP contribution in [0.25, 0.3) is 10.7 Å². The summed E-state index contributed by atoms with van der Waals surface area (Å²) in [5.41, 5.74) is 0. The number of para-hydroxylation sites is 1. The average molecular weight is 372 g/mol. The van der Waals surface area contributed by atoms with Crippen LogP contribution in [0, 0.1) is 0 Å². The third-order valence-electron chi connectivity index (χ3n) is 2.70. The normalized spacial score (nSPS) is 10.8. The smallest absolute Gasteiger partial charge is 0.208 e. The van der Waals surface area contributed by atoms with Gasteiger partial charge in [-0.1, -0.05) is 47.1 Å². The Hall–Kier alpha value is -1.21. The first-order chi connectivity index (χ1) is 10.7. The van der Waals surface area contributed by atoms with E-state index in [2.05, 4.69) is 15.2 Å². The van der Waals surface area contributed by atoms with Crippen molar-refractivity contribution in [2.24, 2.45) is 0 Å². The van der Waals surface area contributed by atoms with Crippen LogP contribution in [-0.4, -0.2) is 27.5 Å². The molecule has 3 aromatic rings. The molecule has 0 aliphatic rings. The molecule has 0 radical (unpaired) electrons. The van der Waals surface area contributed by atoms with Crippen molar-refractivity contribution in [3.8, 4) is 16.5 Å². The van der Waals surface area contributed by atoms with Gasteiger partial charge in [0, 0.05) is 5.75 Å². The lowest BCUT2D eigenvalue weighted by atomic mass is 10.3. The fourth-order valence-electron chi connectivity index (χ4n) is 1.73. The molecule has 0 aliphatic carbocycles. The molecule has 0 saturated heterocycles. The van der Waals surface area contributed by atoms with Crippen LogP contribution < -0.4 is 4.74 Å². The number of rotatable bonds is 6. The van der Waals surface area contributed by atoms with Gasteiger partial charge in [0.05, 0.1) is 21.5 Å². The highest BCUT2D eigenvalue weighted by molar-refractivity contribution is 7.99. The second kappa shape index (κ2) is 7.37. The van der Waals surface area contributed by atoms with Gasteiger partial charge in [0.2, 0.25) is 5.16 Å². The highest BCUT2D eigenvalue weighted by Gasteiger charge is 2.09. The van der Waals surface area contributed by atoms with Crippen LogP contribution in [0.4, 0.5) is 0 Å². The van der Waals surface area contributed by atoms with E-state index in [1.54, 1.807) is 29.5 Å². The van der Waals surface area contributed by atoms with E-state index in [1.165, 1.54) is 11.8 Å². The summed E-state index contributed by atoms with van der Waals surface area (Å²) < 4.78 is 5.62. The number of ether oxygens (including phenoxy) is 1. The van der Waals surface area contributed by atoms with E-state index in [9.17, 15) is 0 Å². The molecule has 1 aromatic carbocycles. The first-order valence-electron chi connectivity index (χ1n) is 6.40. The minimum absolute atomic E-state index is 0.469. The van der Waals surface area contributed by atoms with Gasteiger partial charge in [-0.3, -0.25) is 5.10 Å². The SMILES string of the molecule is Clc1cccc(Cl)c1OCCSc1n[nH]c(-c2cccs2)n1. The summed E-state index contributed by atoms with van der Waals surface area (Å²) in [7, 11) is 0. The Morgan fingerprint density at radius 3 is 2.73 bits per heavy atom. The summed E-state index contributed by atoms with van der Waals surface area (Å²) in [4.78, 5) is 5.50. The Balaban J connectivity index is 1.51. The van der Waals surface area contributed by atoms with Crippen molar-refractivity contribution in [1.82, 2.24) is 15.2 Å². The largest absolute Gasteiger partial charge is 0.490 e. The van der Waals surface area contributed by atoms with Gasteiger partial charge in [0.25, 0.3) is 0 Å². The number of hydrogen-bond acceptors (Lipinski definition) is 5. The van der Waals surface area contributed by atoms with Gasteiger partial charge >= 0.3 is 0 Å². The summed E-state index contributed by atoms with van der Waals surface area (Å²) >= 11 is 15.2. The van der Waals surface area contributed by atoms with Gasteiger partial charge < -0.3 is 4.74 Å². The molecular formula is C14H11Cl2N3OS2. The predicted molar refractivity (Wildman–Crippen MR) is 92.4 cm³/mol. The first kappa shape index (κ1) is 15.7. The molecule has 0 aliphatic heterocycles. The van der Waals surface area contributed by atoms with Crippen molar-refractivity contribution in [3.05, 3.63) is 45.8 Å². The topological polar surface area (TPSA) is 50.8 Å². The number of aromatic nitrogens is 3. The van der Waals surface area contributed by atoms with Crippen LogP contribution in [0.3, 0.4) is 0 Å². The van der Waals surface area contributed by atoms with Crippen LogP contribution in [0.2, 0.25) is 10.0 Å². The lowest BCUT2D eigenvalue weighted by Crippen LogP contribution is -2.01. The van der Waals surface area contributed by atoms with E-state index in [-0.39, 0.29) is 0 Å². The van der Waals surface area contributed by atoms with E-state index in [0.717, 1.165) is 10.7 Å². The Morgan fingerprint density at radius 2 is 2.00 bits per heavy atom. The predicted octanol–water partition coefficient (Wildman–Crippen LogP) is 5.01. The number of thiophene rings is 1. The zero-order chi connectivity index (χ0) is 15.4. The van der Waals surface area contributed by atoms with Gasteiger partial charge in [-0.15, -0.1) is 16.4 Å². The quantitative estimate of drug-likeness (QED) is 0.488. The van der Waals surface area contributed by atoms with Crippen LogP contribution in [0.15, 0.2) is 40.9 Å². The standard InChI is InChI=1S/C14H11Cl2N3OS2/c15-9-3-1-4-10(16)12(9)20-6-8-22-14-17-13(18-19-14)11-5-2-7-21-11/h1-5,7H,6,8H2,(H,17,18,19). The molecule has 0 amide bonds. The van der Waals surface area contributed by atoms with Crippen molar-refractivity contribution >= 4 is 46.3 Å². The summed E-state index contributed by atoms with van der Waals surface area (Å²) in [5, 5.41) is 10.8. The molecule has 0 saturated carbocycles. The van der Waals surface area contributed by atoms with Gasteiger partial charge in [0.15, 0.2) is 11.6 Å². The second-order valence-corrected chi connectivity index (χ2v) is 7.02. The van der Waals surface area contributed by atoms with Crippen molar-refractivity contribution in [2.75, 3.05) is 12.4 Å². The summed E-state index contributed by atoms with van der Waals surface area (Å²) in [6, 6.07) is 9.27. The van der Waals surface area contributed by atoms with Crippen molar-refractivity contribution in [3.63, 3.8) is 0 Å². The Labute approximate surface area is 145 Å². The lowest BCUT2D eigenvalue weighted by Gasteiger charge is -2.08. The molecule has 0 spiro atoms. The Kier molecular flexibility index (Phi) is 5.25. The van der Waals surface area contributed by atoms with Crippen molar-refractivity contribution in [2.45, 2.75) is 5.16 Å². The molecule has 2 aromatic heterocycles. The zero-order valence-electron chi connectivity index (χ0n) is 11.3. The van der Waals surface area contributed by atoms with Gasteiger partial charge in [0.1, 0.15) is 0 Å². The second-order valence-electron chi connectivity index (χ2n) is 4.19. The molecule has 0 unspecified atom stereocenters. The summed E-state index contributed by atoms with van der Waals surface area (Å²) in [6.07, 6.45) is 0. The lowest BCUT2D eigenvalue weighted by molar-refractivity contribution is 0.344. The van der Waals surface area contributed by atoms with Crippen molar-refractivity contribution < 1.29 is 4.74 Å². The number of thioether (sulfide) groups is 1. The van der Waals surface area contributed by atoms with Gasteiger partial charge in [-0.25, -0.2) is 4.98 Å². The molecule has 0 bridgehead atoms. The highest BCUT2D eigenvalue weighted by Crippen LogP contribution is 2.32. The van der Waals surface area contributed by atoms with Crippen LogP contribution in [0.1, 0.15) is 0 Å². The third-order valence-corrected chi connectivity index (χ3v) is 4.98. The third kappa shape index (κ3) is 3.76. The van der Waals surface area contributed by atoms with E-state index < -0.39 is 0 Å². The fraction of sp³-hybridized carbons (Fsp3) is 0.143. The number of halogens is 2. The van der Waals surface area contributed by atoms with Gasteiger partial charge in [-0.2, -0.15) is 0 Å². The van der Waals surface area contributed by atoms with E-state index in [0.29, 0.717) is 33.3 Å². The number of aromatic amines is 1. The Morgan fingerprint density at radius 1 is 1.18 bits per heavy atom. The number of nitrogens with zero attached hydrogens (tertiary/aromatic N) is 2. The average Bonchev–Trinajstić information content (AvgIpc) is 3.17. The van der Waals surface area contributed by atoms with Crippen molar-refractivity contribution in [1.29, 1.82) is 0 Å². The number of benzene rings is 1. The Bertz CT molecular complexity index is 726. The molecular weight excluding hydrogens is 361 g/mol. The molecule has 2 heterocycles. The molecule has 114 valence electrons. The number of H-pyrrole nitrogens is 1. The highest BCUT2D eigenvalue weighted by atomic mass is 35.5. The van der Waals surface area contributed by atoms with Gasteiger partial charge in [-0.05, 0) is 23.6 Å². The minimum atomic E-state index is 0.469. The maximum absolute atomic E-state index is 6.04.